The third kappa shape index (κ3) is 3.98. The molecule has 0 atom stereocenters. The Hall–Kier alpha value is -2.70. The van der Waals surface area contributed by atoms with E-state index in [1.165, 1.54) is 18.2 Å². The van der Waals surface area contributed by atoms with Crippen molar-refractivity contribution in [2.24, 2.45) is 5.92 Å². The van der Waals surface area contributed by atoms with E-state index in [-0.39, 0.29) is 23.2 Å². The Morgan fingerprint density at radius 3 is 2.83 bits per heavy atom. The molecule has 1 aromatic carbocycles. The van der Waals surface area contributed by atoms with Crippen molar-refractivity contribution < 1.29 is 9.18 Å². The first-order valence-corrected chi connectivity index (χ1v) is 7.93. The van der Waals surface area contributed by atoms with E-state index in [1.807, 2.05) is 0 Å². The van der Waals surface area contributed by atoms with Gasteiger partial charge in [-0.05, 0) is 30.5 Å². The number of carbonyl (C=O) groups excluding carboxylic acids is 1. The van der Waals surface area contributed by atoms with Crippen LogP contribution in [0.5, 0.6) is 0 Å². The van der Waals surface area contributed by atoms with E-state index in [9.17, 15) is 14.0 Å². The molecule has 0 aliphatic carbocycles. The summed E-state index contributed by atoms with van der Waals surface area (Å²) in [5, 5.41) is 9.01. The zero-order chi connectivity index (χ0) is 16.9. The van der Waals surface area contributed by atoms with E-state index >= 15 is 0 Å². The predicted octanol–water partition coefficient (Wildman–Crippen LogP) is 1.44. The molecule has 1 aromatic heterocycles. The van der Waals surface area contributed by atoms with Crippen molar-refractivity contribution in [1.82, 2.24) is 15.5 Å². The average molecular weight is 330 g/mol. The molecule has 1 saturated heterocycles. The van der Waals surface area contributed by atoms with Crippen LogP contribution in [-0.4, -0.2) is 29.2 Å². The molecule has 1 aliphatic heterocycles. The molecule has 126 valence electrons. The summed E-state index contributed by atoms with van der Waals surface area (Å²) < 4.78 is 13.1. The molecule has 24 heavy (non-hydrogen) atoms. The highest BCUT2D eigenvalue weighted by atomic mass is 19.1. The fraction of sp³-hybridized carbons (Fsp3) is 0.353. The topological polar surface area (TPSA) is 78.1 Å². The van der Waals surface area contributed by atoms with Gasteiger partial charge in [-0.2, -0.15) is 5.10 Å². The van der Waals surface area contributed by atoms with E-state index in [1.54, 1.807) is 18.3 Å². The molecule has 7 heteroatoms. The SMILES string of the molecule is O=C(NCc1cccc(F)c1)C1CCN(c2cn[nH]c(=O)c2)CC1. The Balaban J connectivity index is 1.51. The zero-order valence-corrected chi connectivity index (χ0v) is 13.2. The Morgan fingerprint density at radius 1 is 1.33 bits per heavy atom. The minimum absolute atomic E-state index is 0.0112. The molecule has 1 aliphatic rings. The van der Waals surface area contributed by atoms with Crippen LogP contribution < -0.4 is 15.8 Å². The summed E-state index contributed by atoms with van der Waals surface area (Å²) in [6.45, 7) is 1.72. The Bertz CT molecular complexity index is 769. The lowest BCUT2D eigenvalue weighted by Gasteiger charge is -2.32. The number of hydrogen-bond acceptors (Lipinski definition) is 4. The summed E-state index contributed by atoms with van der Waals surface area (Å²) in [4.78, 5) is 25.6. The summed E-state index contributed by atoms with van der Waals surface area (Å²) in [5.74, 6) is -0.380. The minimum Gasteiger partial charge on any atom is -0.370 e. The van der Waals surface area contributed by atoms with Crippen molar-refractivity contribution >= 4 is 11.6 Å². The van der Waals surface area contributed by atoms with Gasteiger partial charge in [0, 0.05) is 31.6 Å². The van der Waals surface area contributed by atoms with Crippen molar-refractivity contribution in [3.05, 3.63) is 58.3 Å². The van der Waals surface area contributed by atoms with Gasteiger partial charge in [0.2, 0.25) is 5.91 Å². The van der Waals surface area contributed by atoms with Gasteiger partial charge in [0.05, 0.1) is 11.9 Å². The lowest BCUT2D eigenvalue weighted by molar-refractivity contribution is -0.125. The zero-order valence-electron chi connectivity index (χ0n) is 13.2. The number of H-pyrrole nitrogens is 1. The molecule has 0 radical (unpaired) electrons. The van der Waals surface area contributed by atoms with Gasteiger partial charge in [-0.25, -0.2) is 9.49 Å². The molecule has 0 saturated carbocycles. The van der Waals surface area contributed by atoms with Gasteiger partial charge in [0.1, 0.15) is 5.82 Å². The van der Waals surface area contributed by atoms with Crippen LogP contribution in [0, 0.1) is 11.7 Å². The third-order valence-electron chi connectivity index (χ3n) is 4.24. The van der Waals surface area contributed by atoms with E-state index in [0.29, 0.717) is 32.5 Å². The van der Waals surface area contributed by atoms with Gasteiger partial charge < -0.3 is 10.2 Å². The summed E-state index contributed by atoms with van der Waals surface area (Å²) in [7, 11) is 0. The van der Waals surface area contributed by atoms with Crippen LogP contribution in [0.15, 0.2) is 41.3 Å². The number of amides is 1. The smallest absolute Gasteiger partial charge is 0.266 e. The Labute approximate surface area is 138 Å². The lowest BCUT2D eigenvalue weighted by atomic mass is 9.95. The number of carbonyl (C=O) groups is 1. The highest BCUT2D eigenvalue weighted by molar-refractivity contribution is 5.79. The van der Waals surface area contributed by atoms with Gasteiger partial charge in [0.15, 0.2) is 0 Å². The second kappa shape index (κ2) is 7.25. The predicted molar refractivity (Wildman–Crippen MR) is 88.0 cm³/mol. The highest BCUT2D eigenvalue weighted by Gasteiger charge is 2.25. The summed E-state index contributed by atoms with van der Waals surface area (Å²) >= 11 is 0. The number of benzene rings is 1. The second-order valence-corrected chi connectivity index (χ2v) is 5.91. The molecule has 3 rings (SSSR count). The molecule has 1 amide bonds. The largest absolute Gasteiger partial charge is 0.370 e. The first-order valence-electron chi connectivity index (χ1n) is 7.93. The number of rotatable bonds is 4. The molecule has 2 heterocycles. The van der Waals surface area contributed by atoms with Gasteiger partial charge in [-0.1, -0.05) is 12.1 Å². The number of anilines is 1. The Morgan fingerprint density at radius 2 is 2.12 bits per heavy atom. The fourth-order valence-electron chi connectivity index (χ4n) is 2.92. The van der Waals surface area contributed by atoms with E-state index in [0.717, 1.165) is 11.3 Å². The van der Waals surface area contributed by atoms with E-state index in [4.69, 9.17) is 0 Å². The number of aromatic nitrogens is 2. The number of aromatic amines is 1. The fourth-order valence-corrected chi connectivity index (χ4v) is 2.92. The molecular formula is C17H19FN4O2. The van der Waals surface area contributed by atoms with Crippen molar-refractivity contribution in [2.75, 3.05) is 18.0 Å². The summed E-state index contributed by atoms with van der Waals surface area (Å²) in [6.07, 6.45) is 3.04. The van der Waals surface area contributed by atoms with Crippen LogP contribution in [0.3, 0.4) is 0 Å². The molecule has 0 spiro atoms. The minimum atomic E-state index is -0.304. The van der Waals surface area contributed by atoms with Crippen LogP contribution >= 0.6 is 0 Å². The van der Waals surface area contributed by atoms with Gasteiger partial charge in [-0.3, -0.25) is 9.59 Å². The van der Waals surface area contributed by atoms with Crippen LogP contribution in [0.2, 0.25) is 0 Å². The first-order chi connectivity index (χ1) is 11.6. The standard InChI is InChI=1S/C17H19FN4O2/c18-14-3-1-2-12(8-14)10-19-17(24)13-4-6-22(7-5-13)15-9-16(23)21-20-11-15/h1-3,8-9,11,13H,4-7,10H2,(H,19,24)(H,21,23). The van der Waals surface area contributed by atoms with E-state index in [2.05, 4.69) is 20.4 Å². The Kier molecular flexibility index (Phi) is 4.88. The lowest BCUT2D eigenvalue weighted by Crippen LogP contribution is -2.40. The van der Waals surface area contributed by atoms with Gasteiger partial charge in [-0.15, -0.1) is 0 Å². The number of halogens is 1. The van der Waals surface area contributed by atoms with Crippen molar-refractivity contribution in [1.29, 1.82) is 0 Å². The third-order valence-corrected chi connectivity index (χ3v) is 4.24. The molecule has 0 unspecified atom stereocenters. The number of hydrogen-bond donors (Lipinski definition) is 2. The van der Waals surface area contributed by atoms with Crippen LogP contribution in [0.4, 0.5) is 10.1 Å². The summed E-state index contributed by atoms with van der Waals surface area (Å²) in [6, 6.07) is 7.72. The van der Waals surface area contributed by atoms with Crippen molar-refractivity contribution in [3.63, 3.8) is 0 Å². The normalized spacial score (nSPS) is 15.3. The maximum Gasteiger partial charge on any atom is 0.266 e. The average Bonchev–Trinajstić information content (AvgIpc) is 2.60. The van der Waals surface area contributed by atoms with Crippen LogP contribution in [0.25, 0.3) is 0 Å². The second-order valence-electron chi connectivity index (χ2n) is 5.91. The molecule has 6 nitrogen and oxygen atoms in total. The molecule has 0 bridgehead atoms. The molecule has 2 N–H and O–H groups in total. The van der Waals surface area contributed by atoms with Gasteiger partial charge >= 0.3 is 0 Å². The van der Waals surface area contributed by atoms with Crippen LogP contribution in [-0.2, 0) is 11.3 Å². The van der Waals surface area contributed by atoms with E-state index < -0.39 is 0 Å². The quantitative estimate of drug-likeness (QED) is 0.889. The number of piperidine rings is 1. The van der Waals surface area contributed by atoms with Crippen LogP contribution in [0.1, 0.15) is 18.4 Å². The summed E-state index contributed by atoms with van der Waals surface area (Å²) in [5.41, 5.74) is 1.29. The van der Waals surface area contributed by atoms with Gasteiger partial charge in [0.25, 0.3) is 5.56 Å². The monoisotopic (exact) mass is 330 g/mol. The maximum absolute atomic E-state index is 13.1. The highest BCUT2D eigenvalue weighted by Crippen LogP contribution is 2.22. The molecule has 1 fully saturated rings. The number of nitrogens with zero attached hydrogens (tertiary/aromatic N) is 2. The molecular weight excluding hydrogens is 311 g/mol. The first kappa shape index (κ1) is 16.2. The maximum atomic E-state index is 13.1. The van der Waals surface area contributed by atoms with Crippen molar-refractivity contribution in [2.45, 2.75) is 19.4 Å². The number of nitrogens with one attached hydrogen (secondary N) is 2. The van der Waals surface area contributed by atoms with Crippen molar-refractivity contribution in [3.8, 4) is 0 Å². The molecule has 2 aromatic rings.